The Morgan fingerprint density at radius 2 is 1.67 bits per heavy atom. The molecule has 0 bridgehead atoms. The first-order chi connectivity index (χ1) is 12.9. The Hall–Kier alpha value is -3.03. The van der Waals surface area contributed by atoms with Gasteiger partial charge in [0.15, 0.2) is 0 Å². The number of nitrogens with one attached hydrogen (secondary N) is 2. The zero-order chi connectivity index (χ0) is 19.6. The largest absolute Gasteiger partial charge is 0.497 e. The van der Waals surface area contributed by atoms with Crippen LogP contribution in [0.25, 0.3) is 11.0 Å². The van der Waals surface area contributed by atoms with Crippen LogP contribution in [0, 0.1) is 0 Å². The number of carbonyl (C=O) groups is 2. The van der Waals surface area contributed by atoms with E-state index in [9.17, 15) is 14.4 Å². The van der Waals surface area contributed by atoms with Crippen molar-refractivity contribution in [2.75, 3.05) is 7.11 Å². The van der Waals surface area contributed by atoms with Gasteiger partial charge in [-0.05, 0) is 36.4 Å². The van der Waals surface area contributed by atoms with Gasteiger partial charge < -0.3 is 9.15 Å². The van der Waals surface area contributed by atoms with Gasteiger partial charge in [0.2, 0.25) is 0 Å². The molecule has 27 heavy (non-hydrogen) atoms. The van der Waals surface area contributed by atoms with Crippen LogP contribution in [-0.4, -0.2) is 18.9 Å². The number of fused-ring (bicyclic) bond motifs is 1. The molecule has 0 aliphatic rings. The van der Waals surface area contributed by atoms with Gasteiger partial charge in [-0.2, -0.15) is 0 Å². The second-order valence-electron chi connectivity index (χ2n) is 5.38. The molecular weight excluding hydrogens is 395 g/mol. The average molecular weight is 407 g/mol. The molecule has 0 atom stereocenters. The second-order valence-corrected chi connectivity index (χ2v) is 6.23. The summed E-state index contributed by atoms with van der Waals surface area (Å²) in [6.07, 6.45) is 0. The molecule has 7 nitrogen and oxygen atoms in total. The van der Waals surface area contributed by atoms with E-state index in [1.54, 1.807) is 12.1 Å². The van der Waals surface area contributed by atoms with Crippen molar-refractivity contribution in [3.63, 3.8) is 0 Å². The third-order valence-electron chi connectivity index (χ3n) is 3.65. The minimum Gasteiger partial charge on any atom is -0.497 e. The maximum atomic E-state index is 12.2. The highest BCUT2D eigenvalue weighted by Gasteiger charge is 2.16. The van der Waals surface area contributed by atoms with Crippen molar-refractivity contribution in [3.05, 3.63) is 74.1 Å². The predicted octanol–water partition coefficient (Wildman–Crippen LogP) is 3.18. The fourth-order valence-corrected chi connectivity index (χ4v) is 2.79. The lowest BCUT2D eigenvalue weighted by Gasteiger charge is -2.09. The zero-order valence-corrected chi connectivity index (χ0v) is 15.4. The first-order valence-corrected chi connectivity index (χ1v) is 8.32. The molecule has 3 aromatic rings. The van der Waals surface area contributed by atoms with Crippen LogP contribution < -0.4 is 21.2 Å². The molecule has 0 radical (unpaired) electrons. The normalized spacial score (nSPS) is 10.5. The zero-order valence-electron chi connectivity index (χ0n) is 13.8. The van der Waals surface area contributed by atoms with Crippen LogP contribution in [0.5, 0.6) is 5.75 Å². The summed E-state index contributed by atoms with van der Waals surface area (Å²) in [5.41, 5.74) is 3.60. The first kappa shape index (κ1) is 18.8. The van der Waals surface area contributed by atoms with Crippen molar-refractivity contribution in [2.45, 2.75) is 0 Å². The van der Waals surface area contributed by atoms with Crippen LogP contribution in [0.2, 0.25) is 10.0 Å². The van der Waals surface area contributed by atoms with Crippen LogP contribution >= 0.6 is 23.2 Å². The molecule has 9 heteroatoms. The van der Waals surface area contributed by atoms with Crippen molar-refractivity contribution in [1.82, 2.24) is 10.9 Å². The maximum Gasteiger partial charge on any atom is 0.349 e. The van der Waals surface area contributed by atoms with Gasteiger partial charge in [-0.25, -0.2) is 4.79 Å². The van der Waals surface area contributed by atoms with Crippen molar-refractivity contribution in [1.29, 1.82) is 0 Å². The summed E-state index contributed by atoms with van der Waals surface area (Å²) < 4.78 is 10.2. The topological polar surface area (TPSA) is 97.6 Å². The number of hydrogen-bond acceptors (Lipinski definition) is 5. The molecule has 138 valence electrons. The van der Waals surface area contributed by atoms with Crippen LogP contribution in [0.3, 0.4) is 0 Å². The smallest absolute Gasteiger partial charge is 0.349 e. The molecule has 0 fully saturated rings. The molecule has 0 saturated carbocycles. The fourth-order valence-electron chi connectivity index (χ4n) is 2.30. The molecule has 0 spiro atoms. The SMILES string of the molecule is COc1ccc2cc(C(=O)NNC(=O)c3ccc(Cl)cc3Cl)c(=O)oc2c1. The lowest BCUT2D eigenvalue weighted by molar-refractivity contribution is 0.0844. The molecule has 1 aromatic heterocycles. The number of amides is 2. The van der Waals surface area contributed by atoms with E-state index in [0.29, 0.717) is 16.2 Å². The third-order valence-corrected chi connectivity index (χ3v) is 4.20. The molecule has 2 amide bonds. The molecule has 0 aliphatic carbocycles. The van der Waals surface area contributed by atoms with E-state index in [4.69, 9.17) is 32.4 Å². The Kier molecular flexibility index (Phi) is 5.34. The molecule has 0 aliphatic heterocycles. The second kappa shape index (κ2) is 7.69. The number of hydrogen-bond donors (Lipinski definition) is 2. The van der Waals surface area contributed by atoms with Crippen LogP contribution in [-0.2, 0) is 0 Å². The van der Waals surface area contributed by atoms with Gasteiger partial charge >= 0.3 is 5.63 Å². The minimum atomic E-state index is -0.855. The van der Waals surface area contributed by atoms with Gasteiger partial charge in [0.05, 0.1) is 17.7 Å². The lowest BCUT2D eigenvalue weighted by atomic mass is 10.1. The summed E-state index contributed by atoms with van der Waals surface area (Å²) >= 11 is 11.7. The lowest BCUT2D eigenvalue weighted by Crippen LogP contribution is -2.43. The molecule has 0 saturated heterocycles. The highest BCUT2D eigenvalue weighted by Crippen LogP contribution is 2.21. The number of hydrazine groups is 1. The highest BCUT2D eigenvalue weighted by atomic mass is 35.5. The Bertz CT molecular complexity index is 1110. The van der Waals surface area contributed by atoms with E-state index in [1.807, 2.05) is 0 Å². The molecule has 3 rings (SSSR count). The summed E-state index contributed by atoms with van der Waals surface area (Å²) in [4.78, 5) is 36.4. The predicted molar refractivity (Wildman–Crippen MR) is 100 cm³/mol. The van der Waals surface area contributed by atoms with Gasteiger partial charge in [-0.1, -0.05) is 23.2 Å². The number of halogens is 2. The number of methoxy groups -OCH3 is 1. The fraction of sp³-hybridized carbons (Fsp3) is 0.0556. The summed E-state index contributed by atoms with van der Waals surface area (Å²) in [5.74, 6) is -0.991. The number of rotatable bonds is 3. The summed E-state index contributed by atoms with van der Waals surface area (Å²) in [6, 6.07) is 10.5. The van der Waals surface area contributed by atoms with Gasteiger partial charge in [-0.15, -0.1) is 0 Å². The van der Waals surface area contributed by atoms with Crippen molar-refractivity contribution in [3.8, 4) is 5.75 Å². The van der Waals surface area contributed by atoms with Gasteiger partial charge in [0, 0.05) is 16.5 Å². The van der Waals surface area contributed by atoms with E-state index < -0.39 is 17.4 Å². The van der Waals surface area contributed by atoms with Crippen LogP contribution in [0.1, 0.15) is 20.7 Å². The maximum absolute atomic E-state index is 12.2. The summed E-state index contributed by atoms with van der Waals surface area (Å²) in [5, 5.41) is 1.01. The number of carbonyl (C=O) groups excluding carboxylic acids is 2. The van der Waals surface area contributed by atoms with E-state index in [0.717, 1.165) is 0 Å². The van der Waals surface area contributed by atoms with Crippen molar-refractivity contribution < 1.29 is 18.7 Å². The molecule has 0 unspecified atom stereocenters. The van der Waals surface area contributed by atoms with Crippen molar-refractivity contribution in [2.24, 2.45) is 0 Å². The quantitative estimate of drug-likeness (QED) is 0.514. The van der Waals surface area contributed by atoms with Crippen LogP contribution in [0.4, 0.5) is 0 Å². The van der Waals surface area contributed by atoms with Gasteiger partial charge in [-0.3, -0.25) is 20.4 Å². The Balaban J connectivity index is 1.78. The number of ether oxygens (including phenoxy) is 1. The summed E-state index contributed by atoms with van der Waals surface area (Å²) in [7, 11) is 1.48. The Morgan fingerprint density at radius 3 is 2.33 bits per heavy atom. The van der Waals surface area contributed by atoms with Crippen LogP contribution in [0.15, 0.2) is 51.7 Å². The monoisotopic (exact) mass is 406 g/mol. The van der Waals surface area contributed by atoms with Gasteiger partial charge in [0.1, 0.15) is 16.9 Å². The van der Waals surface area contributed by atoms with Crippen molar-refractivity contribution >= 4 is 46.0 Å². The van der Waals surface area contributed by atoms with E-state index >= 15 is 0 Å². The third kappa shape index (κ3) is 4.05. The Morgan fingerprint density at radius 1 is 0.963 bits per heavy atom. The standard InChI is InChI=1S/C18H12Cl2N2O5/c1-26-11-4-2-9-6-13(18(25)27-15(9)8-11)17(24)22-21-16(23)12-5-3-10(19)7-14(12)20/h2-8H,1H3,(H,21,23)(H,22,24). The first-order valence-electron chi connectivity index (χ1n) is 7.56. The molecule has 2 aromatic carbocycles. The highest BCUT2D eigenvalue weighted by molar-refractivity contribution is 6.36. The van der Waals surface area contributed by atoms with E-state index in [2.05, 4.69) is 10.9 Å². The molecular formula is C18H12Cl2N2O5. The van der Waals surface area contributed by atoms with E-state index in [1.165, 1.54) is 37.4 Å². The number of benzene rings is 2. The molecule has 2 N–H and O–H groups in total. The van der Waals surface area contributed by atoms with Gasteiger partial charge in [0.25, 0.3) is 11.8 Å². The minimum absolute atomic E-state index is 0.110. The Labute approximate surface area is 162 Å². The average Bonchev–Trinajstić information content (AvgIpc) is 2.64. The van der Waals surface area contributed by atoms with E-state index in [-0.39, 0.29) is 21.7 Å². The summed E-state index contributed by atoms with van der Waals surface area (Å²) in [6.45, 7) is 0. The molecule has 1 heterocycles.